The highest BCUT2D eigenvalue weighted by Gasteiger charge is 2.30. The maximum absolute atomic E-state index is 10.9. The molecule has 1 saturated heterocycles. The van der Waals surface area contributed by atoms with Gasteiger partial charge in [-0.2, -0.15) is 0 Å². The van der Waals surface area contributed by atoms with Crippen molar-refractivity contribution in [3.63, 3.8) is 0 Å². The molecule has 2 heterocycles. The van der Waals surface area contributed by atoms with Crippen LogP contribution in [0.4, 0.5) is 5.82 Å². The Morgan fingerprint density at radius 2 is 2.24 bits per heavy atom. The first kappa shape index (κ1) is 14.3. The van der Waals surface area contributed by atoms with Gasteiger partial charge < -0.3 is 15.2 Å². The number of nitrogens with zero attached hydrogens (tertiary/aromatic N) is 1. The summed E-state index contributed by atoms with van der Waals surface area (Å²) in [6.45, 7) is 0.558. The molecule has 1 aliphatic heterocycles. The van der Waals surface area contributed by atoms with Crippen LogP contribution >= 0.6 is 15.9 Å². The first-order valence-electron chi connectivity index (χ1n) is 6.80. The van der Waals surface area contributed by atoms with E-state index in [1.165, 1.54) is 0 Å². The van der Waals surface area contributed by atoms with E-state index in [0.717, 1.165) is 27.5 Å². The molecule has 2 N–H and O–H groups in total. The van der Waals surface area contributed by atoms with Gasteiger partial charge in [0.05, 0.1) is 6.10 Å². The number of pyridine rings is 1. The smallest absolute Gasteiger partial charge is 0.332 e. The van der Waals surface area contributed by atoms with Crippen LogP contribution in [0.25, 0.3) is 10.8 Å². The van der Waals surface area contributed by atoms with Crippen LogP contribution in [-0.4, -0.2) is 34.8 Å². The third kappa shape index (κ3) is 3.01. The normalized spacial score (nSPS) is 21.6. The molecule has 0 bridgehead atoms. The van der Waals surface area contributed by atoms with Gasteiger partial charge in [0.1, 0.15) is 5.82 Å². The molecular weight excluding hydrogens is 336 g/mol. The summed E-state index contributed by atoms with van der Waals surface area (Å²) in [4.78, 5) is 15.2. The Labute approximate surface area is 130 Å². The molecule has 3 rings (SSSR count). The number of anilines is 1. The average Bonchev–Trinajstić information content (AvgIpc) is 2.95. The van der Waals surface area contributed by atoms with E-state index in [9.17, 15) is 4.79 Å². The van der Waals surface area contributed by atoms with Crippen molar-refractivity contribution in [2.45, 2.75) is 25.0 Å². The number of aliphatic carboxylic acids is 1. The molecule has 0 saturated carbocycles. The summed E-state index contributed by atoms with van der Waals surface area (Å²) in [6, 6.07) is 7.91. The number of rotatable bonds is 4. The number of carboxylic acids is 1. The molecule has 0 aliphatic carbocycles. The number of carboxylic acid groups (broad SMARTS) is 1. The zero-order valence-corrected chi connectivity index (χ0v) is 12.8. The number of nitrogens with one attached hydrogen (secondary N) is 1. The number of aromatic nitrogens is 1. The second-order valence-electron chi connectivity index (χ2n) is 5.04. The molecule has 5 nitrogen and oxygen atoms in total. The van der Waals surface area contributed by atoms with Crippen molar-refractivity contribution in [1.29, 1.82) is 0 Å². The molecule has 1 aromatic carbocycles. The van der Waals surface area contributed by atoms with E-state index in [2.05, 4.69) is 26.2 Å². The number of fused-ring (bicyclic) bond motifs is 1. The number of carbonyl (C=O) groups is 1. The largest absolute Gasteiger partial charge is 0.479 e. The predicted molar refractivity (Wildman–Crippen MR) is 83.5 cm³/mol. The van der Waals surface area contributed by atoms with E-state index in [1.807, 2.05) is 24.3 Å². The second-order valence-corrected chi connectivity index (χ2v) is 5.89. The lowest BCUT2D eigenvalue weighted by atomic mass is 10.1. The van der Waals surface area contributed by atoms with Gasteiger partial charge in [0.25, 0.3) is 0 Å². The Hall–Kier alpha value is -1.66. The van der Waals surface area contributed by atoms with E-state index in [-0.39, 0.29) is 6.10 Å². The zero-order chi connectivity index (χ0) is 14.8. The fourth-order valence-corrected chi connectivity index (χ4v) is 3.06. The minimum absolute atomic E-state index is 0.0877. The fourth-order valence-electron chi connectivity index (χ4n) is 2.56. The minimum Gasteiger partial charge on any atom is -0.479 e. The molecule has 6 heteroatoms. The summed E-state index contributed by atoms with van der Waals surface area (Å²) in [5.41, 5.74) is 0. The van der Waals surface area contributed by atoms with Crippen molar-refractivity contribution in [2.24, 2.45) is 0 Å². The van der Waals surface area contributed by atoms with Gasteiger partial charge in [0, 0.05) is 28.0 Å². The van der Waals surface area contributed by atoms with Crippen molar-refractivity contribution in [3.8, 4) is 0 Å². The third-order valence-corrected chi connectivity index (χ3v) is 4.32. The lowest BCUT2D eigenvalue weighted by Gasteiger charge is -2.14. The molecule has 110 valence electrons. The molecule has 1 aliphatic rings. The monoisotopic (exact) mass is 350 g/mol. The topological polar surface area (TPSA) is 71.5 Å². The molecule has 2 unspecified atom stereocenters. The molecule has 1 aromatic heterocycles. The summed E-state index contributed by atoms with van der Waals surface area (Å²) >= 11 is 3.53. The van der Waals surface area contributed by atoms with Gasteiger partial charge in [0.2, 0.25) is 0 Å². The number of hydrogen-bond acceptors (Lipinski definition) is 4. The van der Waals surface area contributed by atoms with Gasteiger partial charge in [-0.25, -0.2) is 9.78 Å². The van der Waals surface area contributed by atoms with Crippen LogP contribution in [0.3, 0.4) is 0 Å². The van der Waals surface area contributed by atoms with Crippen molar-refractivity contribution in [2.75, 3.05) is 11.9 Å². The summed E-state index contributed by atoms with van der Waals surface area (Å²) in [6.07, 6.45) is 2.31. The third-order valence-electron chi connectivity index (χ3n) is 3.63. The summed E-state index contributed by atoms with van der Waals surface area (Å²) in [5, 5.41) is 14.3. The lowest BCUT2D eigenvalue weighted by Crippen LogP contribution is -2.24. The van der Waals surface area contributed by atoms with Crippen LogP contribution in [0.15, 0.2) is 34.9 Å². The Bertz CT molecular complexity index is 677. The highest BCUT2D eigenvalue weighted by atomic mass is 79.9. The van der Waals surface area contributed by atoms with Crippen molar-refractivity contribution in [1.82, 2.24) is 4.98 Å². The van der Waals surface area contributed by atoms with Crippen LogP contribution in [0, 0.1) is 0 Å². The Morgan fingerprint density at radius 3 is 3.00 bits per heavy atom. The number of ether oxygens (including phenoxy) is 1. The molecule has 0 spiro atoms. The van der Waals surface area contributed by atoms with Gasteiger partial charge in [-0.1, -0.05) is 28.1 Å². The number of benzene rings is 1. The SMILES string of the molecule is O=C(O)C1CCC(CNc2nccc3c(Br)cccc23)O1. The van der Waals surface area contributed by atoms with Gasteiger partial charge in [0.15, 0.2) is 6.10 Å². The van der Waals surface area contributed by atoms with Crippen LogP contribution in [0.5, 0.6) is 0 Å². The maximum atomic E-state index is 10.9. The molecule has 2 aromatic rings. The van der Waals surface area contributed by atoms with E-state index < -0.39 is 12.1 Å². The fraction of sp³-hybridized carbons (Fsp3) is 0.333. The highest BCUT2D eigenvalue weighted by Crippen LogP contribution is 2.28. The Morgan fingerprint density at radius 1 is 1.38 bits per heavy atom. The lowest BCUT2D eigenvalue weighted by molar-refractivity contribution is -0.149. The first-order chi connectivity index (χ1) is 10.1. The van der Waals surface area contributed by atoms with Crippen molar-refractivity contribution in [3.05, 3.63) is 34.9 Å². The Balaban J connectivity index is 1.72. The average molecular weight is 351 g/mol. The molecule has 0 radical (unpaired) electrons. The highest BCUT2D eigenvalue weighted by molar-refractivity contribution is 9.10. The first-order valence-corrected chi connectivity index (χ1v) is 7.60. The molecular formula is C15H15BrN2O3. The van der Waals surface area contributed by atoms with E-state index in [1.54, 1.807) is 6.20 Å². The van der Waals surface area contributed by atoms with Crippen LogP contribution < -0.4 is 5.32 Å². The van der Waals surface area contributed by atoms with Gasteiger partial charge >= 0.3 is 5.97 Å². The standard InChI is InChI=1S/C15H15BrN2O3/c16-12-3-1-2-11-10(12)6-7-17-14(11)18-8-9-4-5-13(21-9)15(19)20/h1-3,6-7,9,13H,4-5,8H2,(H,17,18)(H,19,20). The molecule has 2 atom stereocenters. The van der Waals surface area contributed by atoms with E-state index in [0.29, 0.717) is 13.0 Å². The van der Waals surface area contributed by atoms with E-state index >= 15 is 0 Å². The minimum atomic E-state index is -0.885. The second kappa shape index (κ2) is 5.99. The molecule has 21 heavy (non-hydrogen) atoms. The molecule has 0 amide bonds. The van der Waals surface area contributed by atoms with Crippen molar-refractivity contribution < 1.29 is 14.6 Å². The van der Waals surface area contributed by atoms with E-state index in [4.69, 9.17) is 9.84 Å². The zero-order valence-electron chi connectivity index (χ0n) is 11.3. The summed E-state index contributed by atoms with van der Waals surface area (Å²) in [5.74, 6) is -0.0964. The van der Waals surface area contributed by atoms with Crippen LogP contribution in [-0.2, 0) is 9.53 Å². The molecule has 1 fully saturated rings. The quantitative estimate of drug-likeness (QED) is 0.886. The van der Waals surface area contributed by atoms with Crippen molar-refractivity contribution >= 4 is 38.5 Å². The van der Waals surface area contributed by atoms with Gasteiger partial charge in [-0.15, -0.1) is 0 Å². The summed E-state index contributed by atoms with van der Waals surface area (Å²) < 4.78 is 6.50. The predicted octanol–water partition coefficient (Wildman–Crippen LogP) is 3.04. The van der Waals surface area contributed by atoms with Crippen LogP contribution in [0.2, 0.25) is 0 Å². The van der Waals surface area contributed by atoms with Gasteiger partial charge in [-0.3, -0.25) is 0 Å². The Kier molecular flexibility index (Phi) is 4.07. The maximum Gasteiger partial charge on any atom is 0.332 e. The number of halogens is 1. The number of hydrogen-bond donors (Lipinski definition) is 2. The van der Waals surface area contributed by atoms with Gasteiger partial charge in [-0.05, 0) is 25.0 Å². The summed E-state index contributed by atoms with van der Waals surface area (Å²) in [7, 11) is 0. The van der Waals surface area contributed by atoms with Crippen LogP contribution in [0.1, 0.15) is 12.8 Å².